The van der Waals surface area contributed by atoms with Gasteiger partial charge in [0.2, 0.25) is 0 Å². The van der Waals surface area contributed by atoms with Crippen LogP contribution >= 0.6 is 23.2 Å². The first kappa shape index (κ1) is 13.0. The molecule has 0 saturated heterocycles. The number of quaternary nitrogens is 1. The summed E-state index contributed by atoms with van der Waals surface area (Å²) in [6.07, 6.45) is 4.05. The number of nitrogens with zero attached hydrogens (tertiary/aromatic N) is 1. The molecule has 0 spiro atoms. The third kappa shape index (κ3) is 8.35. The summed E-state index contributed by atoms with van der Waals surface area (Å²) >= 11 is 11.5. The molecule has 3 heteroatoms. The lowest BCUT2D eigenvalue weighted by Gasteiger charge is -2.27. The molecule has 0 fully saturated rings. The molecule has 0 aromatic rings. The van der Waals surface area contributed by atoms with Crippen molar-refractivity contribution < 1.29 is 4.48 Å². The Labute approximate surface area is 91.2 Å². The smallest absolute Gasteiger partial charge is 0.0986 e. The standard InChI is InChI=1S/C10H18Cl2N/c1-9(11)5-7-13(3,4)8-6-10(2)12/h5-6H,7-8H2,1-4H3/q+1. The van der Waals surface area contributed by atoms with E-state index in [0.29, 0.717) is 0 Å². The van der Waals surface area contributed by atoms with E-state index in [1.165, 1.54) is 0 Å². The summed E-state index contributed by atoms with van der Waals surface area (Å²) in [6.45, 7) is 5.64. The van der Waals surface area contributed by atoms with Crippen LogP contribution in [-0.4, -0.2) is 31.7 Å². The topological polar surface area (TPSA) is 0 Å². The lowest BCUT2D eigenvalue weighted by atomic mass is 10.3. The second-order valence-electron chi connectivity index (χ2n) is 3.88. The fourth-order valence-corrected chi connectivity index (χ4v) is 0.958. The number of hydrogen-bond donors (Lipinski definition) is 0. The summed E-state index contributed by atoms with van der Waals surface area (Å²) in [5.41, 5.74) is 0. The summed E-state index contributed by atoms with van der Waals surface area (Å²) in [4.78, 5) is 0. The Kier molecular flexibility index (Phi) is 5.70. The molecule has 0 aromatic carbocycles. The quantitative estimate of drug-likeness (QED) is 0.641. The molecule has 76 valence electrons. The first-order valence-electron chi connectivity index (χ1n) is 4.30. The number of halogens is 2. The van der Waals surface area contributed by atoms with Crippen molar-refractivity contribution in [2.24, 2.45) is 0 Å². The van der Waals surface area contributed by atoms with Crippen LogP contribution in [0.4, 0.5) is 0 Å². The SMILES string of the molecule is CC(Cl)=CC[N+](C)(C)CC=C(C)Cl. The first-order chi connectivity index (χ1) is 5.83. The van der Waals surface area contributed by atoms with Crippen LogP contribution in [0.1, 0.15) is 13.8 Å². The lowest BCUT2D eigenvalue weighted by molar-refractivity contribution is -0.878. The first-order valence-corrected chi connectivity index (χ1v) is 5.05. The zero-order valence-electron chi connectivity index (χ0n) is 8.77. The summed E-state index contributed by atoms with van der Waals surface area (Å²) in [6, 6.07) is 0. The molecular formula is C10H18Cl2N+. The van der Waals surface area contributed by atoms with E-state index in [-0.39, 0.29) is 0 Å². The third-order valence-corrected chi connectivity index (χ3v) is 2.04. The van der Waals surface area contributed by atoms with E-state index in [2.05, 4.69) is 14.1 Å². The summed E-state index contributed by atoms with van der Waals surface area (Å²) < 4.78 is 0.869. The van der Waals surface area contributed by atoms with Gasteiger partial charge in [0.25, 0.3) is 0 Å². The van der Waals surface area contributed by atoms with Gasteiger partial charge in [0.15, 0.2) is 0 Å². The average Bonchev–Trinajstić information content (AvgIpc) is 1.98. The van der Waals surface area contributed by atoms with E-state index in [0.717, 1.165) is 27.6 Å². The molecule has 13 heavy (non-hydrogen) atoms. The Morgan fingerprint density at radius 1 is 1.00 bits per heavy atom. The van der Waals surface area contributed by atoms with E-state index in [4.69, 9.17) is 23.2 Å². The highest BCUT2D eigenvalue weighted by molar-refractivity contribution is 6.29. The van der Waals surface area contributed by atoms with Gasteiger partial charge in [-0.1, -0.05) is 23.2 Å². The van der Waals surface area contributed by atoms with Crippen molar-refractivity contribution >= 4 is 23.2 Å². The molecule has 1 nitrogen and oxygen atoms in total. The number of hydrogen-bond acceptors (Lipinski definition) is 0. The predicted octanol–water partition coefficient (Wildman–Crippen LogP) is 3.35. The largest absolute Gasteiger partial charge is 0.322 e. The second kappa shape index (κ2) is 5.69. The molecule has 0 rings (SSSR count). The Morgan fingerprint density at radius 3 is 1.54 bits per heavy atom. The second-order valence-corrected chi connectivity index (χ2v) is 5.08. The van der Waals surface area contributed by atoms with Gasteiger partial charge in [-0.25, -0.2) is 0 Å². The Hall–Kier alpha value is 0.0200. The zero-order chi connectivity index (χ0) is 10.5. The monoisotopic (exact) mass is 222 g/mol. The minimum Gasteiger partial charge on any atom is -0.322 e. The molecule has 0 aromatic heterocycles. The number of allylic oxidation sites excluding steroid dienone is 2. The highest BCUT2D eigenvalue weighted by Crippen LogP contribution is 2.06. The van der Waals surface area contributed by atoms with Crippen molar-refractivity contribution in [2.75, 3.05) is 27.2 Å². The van der Waals surface area contributed by atoms with E-state index in [1.807, 2.05) is 26.0 Å². The van der Waals surface area contributed by atoms with Crippen LogP contribution in [0.25, 0.3) is 0 Å². The number of likely N-dealkylation sites (N-methyl/N-ethyl adjacent to an activating group) is 1. The van der Waals surface area contributed by atoms with Crippen molar-refractivity contribution in [3.63, 3.8) is 0 Å². The number of rotatable bonds is 4. The van der Waals surface area contributed by atoms with E-state index in [9.17, 15) is 0 Å². The van der Waals surface area contributed by atoms with E-state index >= 15 is 0 Å². The minimum absolute atomic E-state index is 0.845. The third-order valence-electron chi connectivity index (χ3n) is 1.73. The van der Waals surface area contributed by atoms with Crippen LogP contribution < -0.4 is 0 Å². The van der Waals surface area contributed by atoms with Gasteiger partial charge in [-0.2, -0.15) is 0 Å². The highest BCUT2D eigenvalue weighted by Gasteiger charge is 2.10. The molecule has 0 aliphatic heterocycles. The molecule has 0 aliphatic rings. The van der Waals surface area contributed by atoms with Gasteiger partial charge in [-0.3, -0.25) is 0 Å². The minimum atomic E-state index is 0.845. The average molecular weight is 223 g/mol. The summed E-state index contributed by atoms with van der Waals surface area (Å²) in [7, 11) is 4.29. The molecule has 0 atom stereocenters. The maximum Gasteiger partial charge on any atom is 0.0986 e. The Bertz CT molecular complexity index is 187. The van der Waals surface area contributed by atoms with Crippen LogP contribution in [-0.2, 0) is 0 Å². The van der Waals surface area contributed by atoms with Gasteiger partial charge < -0.3 is 4.48 Å². The molecular weight excluding hydrogens is 205 g/mol. The molecule has 0 amide bonds. The summed E-state index contributed by atoms with van der Waals surface area (Å²) in [5.74, 6) is 0. The van der Waals surface area contributed by atoms with Gasteiger partial charge in [0.1, 0.15) is 0 Å². The van der Waals surface area contributed by atoms with Crippen molar-refractivity contribution in [1.29, 1.82) is 0 Å². The van der Waals surface area contributed by atoms with Crippen LogP contribution in [0, 0.1) is 0 Å². The van der Waals surface area contributed by atoms with Crippen LogP contribution in [0.5, 0.6) is 0 Å². The van der Waals surface area contributed by atoms with Crippen LogP contribution in [0.3, 0.4) is 0 Å². The van der Waals surface area contributed by atoms with Crippen molar-refractivity contribution in [1.82, 2.24) is 0 Å². The molecule has 0 bridgehead atoms. The Morgan fingerprint density at radius 2 is 1.31 bits per heavy atom. The van der Waals surface area contributed by atoms with Crippen molar-refractivity contribution in [2.45, 2.75) is 13.8 Å². The Balaban J connectivity index is 4.09. The molecule has 0 N–H and O–H groups in total. The van der Waals surface area contributed by atoms with Gasteiger partial charge in [-0.15, -0.1) is 0 Å². The molecule has 0 aliphatic carbocycles. The van der Waals surface area contributed by atoms with E-state index in [1.54, 1.807) is 0 Å². The predicted molar refractivity (Wildman–Crippen MR) is 61.1 cm³/mol. The molecule has 0 saturated carbocycles. The van der Waals surface area contributed by atoms with Crippen molar-refractivity contribution in [3.05, 3.63) is 22.2 Å². The van der Waals surface area contributed by atoms with Crippen LogP contribution in [0.15, 0.2) is 22.2 Å². The lowest BCUT2D eigenvalue weighted by Crippen LogP contribution is -2.39. The van der Waals surface area contributed by atoms with Gasteiger partial charge in [0.05, 0.1) is 27.2 Å². The fraction of sp³-hybridized carbons (Fsp3) is 0.600. The van der Waals surface area contributed by atoms with Crippen molar-refractivity contribution in [3.8, 4) is 0 Å². The van der Waals surface area contributed by atoms with Gasteiger partial charge in [-0.05, 0) is 26.0 Å². The highest BCUT2D eigenvalue weighted by atomic mass is 35.5. The maximum atomic E-state index is 5.76. The zero-order valence-corrected chi connectivity index (χ0v) is 10.3. The van der Waals surface area contributed by atoms with Gasteiger partial charge >= 0.3 is 0 Å². The van der Waals surface area contributed by atoms with E-state index < -0.39 is 0 Å². The molecule has 0 unspecified atom stereocenters. The van der Waals surface area contributed by atoms with Crippen LogP contribution in [0.2, 0.25) is 0 Å². The van der Waals surface area contributed by atoms with Gasteiger partial charge in [0, 0.05) is 10.1 Å². The fourth-order valence-electron chi connectivity index (χ4n) is 0.820. The molecule has 0 heterocycles. The molecule has 0 radical (unpaired) electrons. The summed E-state index contributed by atoms with van der Waals surface area (Å²) in [5, 5.41) is 1.69. The maximum absolute atomic E-state index is 5.76. The normalized spacial score (nSPS) is 14.9.